The van der Waals surface area contributed by atoms with Crippen molar-refractivity contribution in [3.63, 3.8) is 0 Å². The van der Waals surface area contributed by atoms with Gasteiger partial charge >= 0.3 is 0 Å². The number of fused-ring (bicyclic) bond motifs is 1. The number of benzene rings is 3. The van der Waals surface area contributed by atoms with Crippen LogP contribution in [-0.4, -0.2) is 137 Å². The van der Waals surface area contributed by atoms with E-state index in [9.17, 15) is 14.7 Å². The molecule has 0 spiro atoms. The Morgan fingerprint density at radius 3 is 2.28 bits per heavy atom. The lowest BCUT2D eigenvalue weighted by Gasteiger charge is -2.32. The predicted octanol–water partition coefficient (Wildman–Crippen LogP) is 4.34. The van der Waals surface area contributed by atoms with E-state index in [2.05, 4.69) is 37.2 Å². The minimum Gasteiger partial charge on any atom is -0.494 e. The second kappa shape index (κ2) is 20.1. The van der Waals surface area contributed by atoms with Crippen LogP contribution >= 0.6 is 0 Å². The standard InChI is InChI=1S/C38H47N9O6/c1-45-16-18-47(19-17-45)27-34(48)46(2)31-11-9-30(10-12-31)42-36(28-6-4-3-5-7-28)35-32-13-8-29(26-33(32)43-38(35)50)37(49)40-14-20-51-22-24-53-25-23-52-21-15-41-44-39/h3-13,26,43,50H,14-25,27H2,1-2H3,(H,40,49). The number of H-pyrrole nitrogens is 1. The molecular weight excluding hydrogens is 678 g/mol. The molecule has 0 saturated carbocycles. The van der Waals surface area contributed by atoms with Crippen LogP contribution in [0.25, 0.3) is 21.3 Å². The van der Waals surface area contributed by atoms with Gasteiger partial charge in [-0.1, -0.05) is 41.5 Å². The molecule has 15 heteroatoms. The minimum atomic E-state index is -0.274. The van der Waals surface area contributed by atoms with E-state index in [1.165, 1.54) is 0 Å². The first-order chi connectivity index (χ1) is 25.8. The number of aromatic amines is 1. The highest BCUT2D eigenvalue weighted by Gasteiger charge is 2.21. The number of hydrogen-bond acceptors (Lipinski definition) is 10. The SMILES string of the molecule is CN1CCN(CC(=O)N(C)c2ccc(N=C(c3ccccc3)c3c(O)[nH]c4cc(C(=O)NCCOCCOCCOCCN=[N+]=[N-])ccc34)cc2)CC1. The molecule has 280 valence electrons. The molecule has 1 saturated heterocycles. The Bertz CT molecular complexity index is 1870. The van der Waals surface area contributed by atoms with Gasteiger partial charge < -0.3 is 39.4 Å². The highest BCUT2D eigenvalue weighted by molar-refractivity contribution is 6.22. The van der Waals surface area contributed by atoms with Crippen LogP contribution in [0, 0.1) is 0 Å². The van der Waals surface area contributed by atoms with E-state index in [1.807, 2.05) is 54.6 Å². The summed E-state index contributed by atoms with van der Waals surface area (Å²) in [5, 5.41) is 18.1. The van der Waals surface area contributed by atoms with Crippen molar-refractivity contribution in [2.75, 3.05) is 104 Å². The number of likely N-dealkylation sites (N-methyl/N-ethyl adjacent to an activating group) is 2. The van der Waals surface area contributed by atoms with Crippen molar-refractivity contribution in [2.24, 2.45) is 10.1 Å². The quantitative estimate of drug-likeness (QED) is 0.0420. The zero-order valence-corrected chi connectivity index (χ0v) is 30.2. The van der Waals surface area contributed by atoms with Crippen molar-refractivity contribution in [1.82, 2.24) is 20.1 Å². The number of azide groups is 1. The van der Waals surface area contributed by atoms with Crippen LogP contribution in [-0.2, 0) is 19.0 Å². The fourth-order valence-electron chi connectivity index (χ4n) is 5.78. The van der Waals surface area contributed by atoms with E-state index < -0.39 is 0 Å². The summed E-state index contributed by atoms with van der Waals surface area (Å²) in [6, 6.07) is 22.3. The first-order valence-electron chi connectivity index (χ1n) is 17.6. The number of carbonyl (C=O) groups is 2. The van der Waals surface area contributed by atoms with Crippen molar-refractivity contribution in [3.05, 3.63) is 99.9 Å². The number of aromatic nitrogens is 1. The van der Waals surface area contributed by atoms with Crippen LogP contribution in [0.5, 0.6) is 5.88 Å². The maximum atomic E-state index is 13.0. The van der Waals surface area contributed by atoms with E-state index in [1.54, 1.807) is 30.1 Å². The number of aliphatic imine (C=N–C) groups is 1. The van der Waals surface area contributed by atoms with Crippen molar-refractivity contribution >= 4 is 39.8 Å². The average molecular weight is 726 g/mol. The largest absolute Gasteiger partial charge is 0.494 e. The third kappa shape index (κ3) is 11.4. The van der Waals surface area contributed by atoms with Crippen LogP contribution in [0.2, 0.25) is 0 Å². The van der Waals surface area contributed by atoms with Crippen LogP contribution in [0.1, 0.15) is 21.5 Å². The predicted molar refractivity (Wildman–Crippen MR) is 204 cm³/mol. The zero-order chi connectivity index (χ0) is 37.4. The van der Waals surface area contributed by atoms with Gasteiger partial charge in [-0.25, -0.2) is 4.99 Å². The molecule has 0 aliphatic carbocycles. The normalized spacial score (nSPS) is 13.9. The number of carbonyl (C=O) groups excluding carboxylic acids is 2. The number of aromatic hydroxyl groups is 1. The highest BCUT2D eigenvalue weighted by atomic mass is 16.5. The number of ether oxygens (including phenoxy) is 3. The van der Waals surface area contributed by atoms with E-state index >= 15 is 0 Å². The van der Waals surface area contributed by atoms with Crippen LogP contribution in [0.4, 0.5) is 11.4 Å². The van der Waals surface area contributed by atoms with Gasteiger partial charge in [0.25, 0.3) is 5.91 Å². The van der Waals surface area contributed by atoms with Gasteiger partial charge in [0.05, 0.1) is 63.1 Å². The highest BCUT2D eigenvalue weighted by Crippen LogP contribution is 2.32. The topological polar surface area (TPSA) is 181 Å². The lowest BCUT2D eigenvalue weighted by Crippen LogP contribution is -2.48. The van der Waals surface area contributed by atoms with Crippen LogP contribution in [0.3, 0.4) is 0 Å². The summed E-state index contributed by atoms with van der Waals surface area (Å²) in [4.78, 5) is 42.8. The molecule has 4 aromatic rings. The maximum Gasteiger partial charge on any atom is 0.251 e. The van der Waals surface area contributed by atoms with E-state index in [0.29, 0.717) is 86.2 Å². The van der Waals surface area contributed by atoms with Crippen molar-refractivity contribution in [3.8, 4) is 5.88 Å². The maximum absolute atomic E-state index is 13.0. The van der Waals surface area contributed by atoms with Crippen LogP contribution < -0.4 is 10.2 Å². The number of nitrogens with one attached hydrogen (secondary N) is 2. The summed E-state index contributed by atoms with van der Waals surface area (Å²) < 4.78 is 16.2. The molecule has 5 rings (SSSR count). The molecule has 3 N–H and O–H groups in total. The van der Waals surface area contributed by atoms with Gasteiger partial charge in [-0.2, -0.15) is 0 Å². The first-order valence-corrected chi connectivity index (χ1v) is 17.6. The Morgan fingerprint density at radius 1 is 0.906 bits per heavy atom. The van der Waals surface area contributed by atoms with Crippen molar-refractivity contribution in [1.29, 1.82) is 0 Å². The van der Waals surface area contributed by atoms with E-state index in [-0.39, 0.29) is 24.2 Å². The number of piperazine rings is 1. The molecule has 0 radical (unpaired) electrons. The van der Waals surface area contributed by atoms with Crippen molar-refractivity contribution in [2.45, 2.75) is 0 Å². The number of nitrogens with zero attached hydrogens (tertiary/aromatic N) is 7. The molecule has 1 aliphatic heterocycles. The Kier molecular flexibility index (Phi) is 14.8. The first kappa shape index (κ1) is 38.9. The Labute approximate surface area is 308 Å². The summed E-state index contributed by atoms with van der Waals surface area (Å²) >= 11 is 0. The van der Waals surface area contributed by atoms with Gasteiger partial charge in [0.2, 0.25) is 5.91 Å². The fourth-order valence-corrected chi connectivity index (χ4v) is 5.78. The molecule has 1 fully saturated rings. The van der Waals surface area contributed by atoms with Gasteiger partial charge in [-0.05, 0) is 49.0 Å². The molecule has 0 unspecified atom stereocenters. The molecule has 1 aromatic heterocycles. The van der Waals surface area contributed by atoms with Crippen molar-refractivity contribution < 1.29 is 28.9 Å². The smallest absolute Gasteiger partial charge is 0.251 e. The molecule has 1 aliphatic rings. The Morgan fingerprint density at radius 2 is 1.58 bits per heavy atom. The fraction of sp³-hybridized carbons (Fsp3) is 0.395. The van der Waals surface area contributed by atoms with Gasteiger partial charge in [0, 0.05) is 78.9 Å². The molecule has 2 heterocycles. The third-order valence-electron chi connectivity index (χ3n) is 8.81. The molecule has 53 heavy (non-hydrogen) atoms. The van der Waals surface area contributed by atoms with Gasteiger partial charge in [0.1, 0.15) is 0 Å². The van der Waals surface area contributed by atoms with E-state index in [0.717, 1.165) is 37.4 Å². The van der Waals surface area contributed by atoms with Gasteiger partial charge in [-0.3, -0.25) is 14.5 Å². The summed E-state index contributed by atoms with van der Waals surface area (Å²) in [5.41, 5.74) is 12.5. The van der Waals surface area contributed by atoms with Crippen LogP contribution in [0.15, 0.2) is 82.9 Å². The Hall–Kier alpha value is -5.28. The number of rotatable bonds is 19. The molecule has 0 bridgehead atoms. The zero-order valence-electron chi connectivity index (χ0n) is 30.2. The number of anilines is 1. The summed E-state index contributed by atoms with van der Waals surface area (Å²) in [6.07, 6.45) is 0. The van der Waals surface area contributed by atoms with Gasteiger partial charge in [-0.15, -0.1) is 0 Å². The summed E-state index contributed by atoms with van der Waals surface area (Å²) in [7, 11) is 3.88. The summed E-state index contributed by atoms with van der Waals surface area (Å²) in [6.45, 7) is 6.84. The number of amides is 2. The summed E-state index contributed by atoms with van der Waals surface area (Å²) in [5.74, 6) is -0.312. The lowest BCUT2D eigenvalue weighted by atomic mass is 10.00. The molecule has 0 atom stereocenters. The monoisotopic (exact) mass is 725 g/mol. The van der Waals surface area contributed by atoms with E-state index in [4.69, 9.17) is 24.7 Å². The average Bonchev–Trinajstić information content (AvgIpc) is 3.51. The molecule has 3 aromatic carbocycles. The Balaban J connectivity index is 1.20. The van der Waals surface area contributed by atoms with Gasteiger partial charge in [0.15, 0.2) is 5.88 Å². The third-order valence-corrected chi connectivity index (χ3v) is 8.81. The minimum absolute atomic E-state index is 0.0298. The molecule has 15 nitrogen and oxygen atoms in total. The number of hydrogen-bond donors (Lipinski definition) is 3. The second-order valence-electron chi connectivity index (χ2n) is 12.5. The second-order valence-corrected chi connectivity index (χ2v) is 12.5. The lowest BCUT2D eigenvalue weighted by molar-refractivity contribution is -0.119. The molecular formula is C38H47N9O6. The molecule has 2 amide bonds.